The van der Waals surface area contributed by atoms with Crippen LogP contribution in [0.3, 0.4) is 0 Å². The number of methoxy groups -OCH3 is 1. The van der Waals surface area contributed by atoms with E-state index in [1.165, 1.54) is 55.5 Å². The van der Waals surface area contributed by atoms with Crippen molar-refractivity contribution in [2.45, 2.75) is 64.8 Å². The van der Waals surface area contributed by atoms with Crippen LogP contribution in [0.25, 0.3) is 0 Å². The van der Waals surface area contributed by atoms with Crippen molar-refractivity contribution in [1.29, 1.82) is 0 Å². The predicted molar refractivity (Wildman–Crippen MR) is 156 cm³/mol. The standard InChI is InChI=1S/C32H34N2O9/c1-4-5-6-9-23(33-20-21(2)29(36)34(32(33)39)30(37)26-10-7-16-41-26)19-24(35)14-12-22-13-15-25(28(18-22)40-3)43-31(38)27-11-8-17-42-27/h7-8,10-11,13,15-18,20,23H,4-6,9,12,14,19H2,1-3H3. The number of carbonyl (C=O) groups is 3. The Morgan fingerprint density at radius 3 is 2.33 bits per heavy atom. The maximum Gasteiger partial charge on any atom is 0.379 e. The van der Waals surface area contributed by atoms with Crippen molar-refractivity contribution in [2.24, 2.45) is 0 Å². The molecule has 4 rings (SSSR count). The Bertz CT molecular complexity index is 1680. The molecule has 1 unspecified atom stereocenters. The first kappa shape index (κ1) is 31.0. The first-order chi connectivity index (χ1) is 20.7. The fourth-order valence-electron chi connectivity index (χ4n) is 4.76. The number of rotatable bonds is 14. The summed E-state index contributed by atoms with van der Waals surface area (Å²) in [4.78, 5) is 64.7. The second kappa shape index (κ2) is 14.3. The van der Waals surface area contributed by atoms with Crippen LogP contribution in [0.2, 0.25) is 0 Å². The number of ether oxygens (including phenoxy) is 2. The van der Waals surface area contributed by atoms with Crippen LogP contribution < -0.4 is 20.7 Å². The Morgan fingerprint density at radius 2 is 1.67 bits per heavy atom. The summed E-state index contributed by atoms with van der Waals surface area (Å²) in [6.45, 7) is 3.58. The lowest BCUT2D eigenvalue weighted by atomic mass is 9.98. The van der Waals surface area contributed by atoms with E-state index in [1.54, 1.807) is 24.3 Å². The van der Waals surface area contributed by atoms with Crippen LogP contribution in [-0.2, 0) is 11.2 Å². The van der Waals surface area contributed by atoms with E-state index >= 15 is 0 Å². The third-order valence-electron chi connectivity index (χ3n) is 7.06. The zero-order valence-electron chi connectivity index (χ0n) is 24.4. The van der Waals surface area contributed by atoms with Gasteiger partial charge >= 0.3 is 17.6 Å². The third kappa shape index (κ3) is 7.48. The lowest BCUT2D eigenvalue weighted by Crippen LogP contribution is -2.45. The Balaban J connectivity index is 1.50. The van der Waals surface area contributed by atoms with E-state index < -0.39 is 29.2 Å². The van der Waals surface area contributed by atoms with Crippen molar-refractivity contribution in [3.8, 4) is 11.5 Å². The minimum Gasteiger partial charge on any atom is -0.493 e. The van der Waals surface area contributed by atoms with Crippen LogP contribution >= 0.6 is 0 Å². The quantitative estimate of drug-likeness (QED) is 0.111. The molecule has 226 valence electrons. The molecule has 0 aliphatic heterocycles. The van der Waals surface area contributed by atoms with Crippen molar-refractivity contribution in [3.05, 3.63) is 105 Å². The Hall–Kier alpha value is -4.93. The number of Topliss-reactive ketones (excluding diaryl/α,β-unsaturated/α-hetero) is 1. The molecule has 0 radical (unpaired) electrons. The van der Waals surface area contributed by atoms with E-state index in [2.05, 4.69) is 6.92 Å². The van der Waals surface area contributed by atoms with E-state index in [0.717, 1.165) is 24.8 Å². The molecule has 11 heteroatoms. The van der Waals surface area contributed by atoms with Gasteiger partial charge < -0.3 is 18.3 Å². The van der Waals surface area contributed by atoms with Gasteiger partial charge in [0.05, 0.1) is 19.6 Å². The summed E-state index contributed by atoms with van der Waals surface area (Å²) in [7, 11) is 1.45. The molecular weight excluding hydrogens is 556 g/mol. The Labute approximate surface area is 247 Å². The highest BCUT2D eigenvalue weighted by atomic mass is 16.6. The van der Waals surface area contributed by atoms with E-state index in [9.17, 15) is 24.0 Å². The van der Waals surface area contributed by atoms with Crippen molar-refractivity contribution in [2.75, 3.05) is 7.11 Å². The van der Waals surface area contributed by atoms with E-state index in [0.29, 0.717) is 23.2 Å². The second-order valence-electron chi connectivity index (χ2n) is 10.2. The van der Waals surface area contributed by atoms with Crippen LogP contribution in [0.1, 0.15) is 83.7 Å². The Kier molecular flexibility index (Phi) is 10.3. The molecule has 0 spiro atoms. The summed E-state index contributed by atoms with van der Waals surface area (Å²) in [5.74, 6) is -1.15. The molecule has 43 heavy (non-hydrogen) atoms. The number of esters is 1. The number of hydrogen-bond acceptors (Lipinski definition) is 9. The van der Waals surface area contributed by atoms with Gasteiger partial charge in [-0.05, 0) is 61.7 Å². The monoisotopic (exact) mass is 590 g/mol. The van der Waals surface area contributed by atoms with Gasteiger partial charge in [-0.2, -0.15) is 4.57 Å². The normalized spacial score (nSPS) is 11.7. The number of ketones is 1. The van der Waals surface area contributed by atoms with Crippen LogP contribution in [0, 0.1) is 6.92 Å². The molecule has 1 aromatic carbocycles. The number of aryl methyl sites for hydroxylation is 2. The first-order valence-corrected chi connectivity index (χ1v) is 14.1. The topological polar surface area (TPSA) is 140 Å². The molecule has 3 heterocycles. The molecule has 0 aliphatic rings. The third-order valence-corrected chi connectivity index (χ3v) is 7.06. The highest BCUT2D eigenvalue weighted by molar-refractivity contribution is 5.93. The molecular formula is C32H34N2O9. The van der Waals surface area contributed by atoms with Crippen LogP contribution in [0.15, 0.2) is 79.6 Å². The molecule has 4 aromatic rings. The smallest absolute Gasteiger partial charge is 0.379 e. The SMILES string of the molecule is CCCCCC(CC(=O)CCc1ccc(OC(=O)c2ccco2)c(OC)c1)n1cc(C)c(=O)n(C(=O)c2ccco2)c1=O. The summed E-state index contributed by atoms with van der Waals surface area (Å²) in [5.41, 5.74) is -0.548. The highest BCUT2D eigenvalue weighted by Gasteiger charge is 2.24. The molecule has 0 saturated carbocycles. The molecule has 0 fully saturated rings. The summed E-state index contributed by atoms with van der Waals surface area (Å²) in [6.07, 6.45) is 7.83. The van der Waals surface area contributed by atoms with Crippen molar-refractivity contribution < 1.29 is 32.7 Å². The molecule has 0 amide bonds. The van der Waals surface area contributed by atoms with Gasteiger partial charge in [-0.15, -0.1) is 0 Å². The summed E-state index contributed by atoms with van der Waals surface area (Å²) >= 11 is 0. The number of carbonyl (C=O) groups excluding carboxylic acids is 3. The first-order valence-electron chi connectivity index (χ1n) is 14.1. The number of aromatic nitrogens is 2. The average molecular weight is 591 g/mol. The molecule has 0 saturated heterocycles. The zero-order valence-corrected chi connectivity index (χ0v) is 24.4. The average Bonchev–Trinajstić information content (AvgIpc) is 3.74. The molecule has 3 aromatic heterocycles. The van der Waals surface area contributed by atoms with Gasteiger partial charge in [0.1, 0.15) is 5.78 Å². The van der Waals surface area contributed by atoms with Gasteiger partial charge in [0, 0.05) is 30.6 Å². The maximum atomic E-state index is 13.5. The molecule has 0 N–H and O–H groups in total. The molecule has 0 bridgehead atoms. The molecule has 11 nitrogen and oxygen atoms in total. The number of benzene rings is 1. The van der Waals surface area contributed by atoms with Crippen molar-refractivity contribution in [3.63, 3.8) is 0 Å². The highest BCUT2D eigenvalue weighted by Crippen LogP contribution is 2.30. The molecule has 1 atom stereocenters. The Morgan fingerprint density at radius 1 is 0.953 bits per heavy atom. The molecule has 0 aliphatic carbocycles. The summed E-state index contributed by atoms with van der Waals surface area (Å²) in [6, 6.07) is 10.4. The number of nitrogens with zero attached hydrogens (tertiary/aromatic N) is 2. The van der Waals surface area contributed by atoms with Crippen molar-refractivity contribution in [1.82, 2.24) is 9.13 Å². The van der Waals surface area contributed by atoms with Gasteiger partial charge in [-0.3, -0.25) is 19.0 Å². The summed E-state index contributed by atoms with van der Waals surface area (Å²) in [5, 5.41) is 0. The minimum atomic E-state index is -0.858. The zero-order chi connectivity index (χ0) is 30.9. The van der Waals surface area contributed by atoms with Gasteiger partial charge in [-0.25, -0.2) is 9.59 Å². The number of furan rings is 2. The lowest BCUT2D eigenvalue weighted by Gasteiger charge is -2.21. The largest absolute Gasteiger partial charge is 0.493 e. The van der Waals surface area contributed by atoms with Gasteiger partial charge in [-0.1, -0.05) is 32.3 Å². The van der Waals surface area contributed by atoms with Crippen LogP contribution in [-0.4, -0.2) is 33.9 Å². The summed E-state index contributed by atoms with van der Waals surface area (Å²) < 4.78 is 22.9. The van der Waals surface area contributed by atoms with Gasteiger partial charge in [0.2, 0.25) is 5.76 Å². The van der Waals surface area contributed by atoms with Gasteiger partial charge in [0.25, 0.3) is 5.56 Å². The van der Waals surface area contributed by atoms with Gasteiger partial charge in [0.15, 0.2) is 17.3 Å². The fraction of sp³-hybridized carbons (Fsp3) is 0.344. The van der Waals surface area contributed by atoms with E-state index in [-0.39, 0.29) is 41.5 Å². The number of unbranched alkanes of at least 4 members (excludes halogenated alkanes) is 2. The lowest BCUT2D eigenvalue weighted by molar-refractivity contribution is -0.119. The van der Waals surface area contributed by atoms with Crippen LogP contribution in [0.5, 0.6) is 11.5 Å². The fourth-order valence-corrected chi connectivity index (χ4v) is 4.76. The number of hydrogen-bond donors (Lipinski definition) is 0. The van der Waals surface area contributed by atoms with Crippen molar-refractivity contribution >= 4 is 17.7 Å². The van der Waals surface area contributed by atoms with E-state index in [4.69, 9.17) is 18.3 Å². The predicted octanol–water partition coefficient (Wildman–Crippen LogP) is 5.13. The van der Waals surface area contributed by atoms with Crippen LogP contribution in [0.4, 0.5) is 0 Å². The second-order valence-corrected chi connectivity index (χ2v) is 10.2. The maximum absolute atomic E-state index is 13.5. The minimum absolute atomic E-state index is 0.0478. The van der Waals surface area contributed by atoms with E-state index in [1.807, 2.05) is 0 Å².